The minimum Gasteiger partial charge on any atom is -0.351 e. The molecule has 2 atom stereocenters. The molecule has 2 amide bonds. The van der Waals surface area contributed by atoms with E-state index in [0.29, 0.717) is 30.3 Å². The van der Waals surface area contributed by atoms with Crippen LogP contribution in [-0.4, -0.2) is 56.7 Å². The van der Waals surface area contributed by atoms with Crippen molar-refractivity contribution in [3.63, 3.8) is 0 Å². The molecule has 1 saturated heterocycles. The summed E-state index contributed by atoms with van der Waals surface area (Å²) in [5, 5.41) is 11.7. The molecule has 6 rings (SSSR count). The predicted octanol–water partition coefficient (Wildman–Crippen LogP) is 4.95. The van der Waals surface area contributed by atoms with Gasteiger partial charge in [0, 0.05) is 43.7 Å². The largest absolute Gasteiger partial charge is 0.351 e. The van der Waals surface area contributed by atoms with Crippen LogP contribution in [0, 0.1) is 11.3 Å². The number of nitrogens with zero attached hydrogens (tertiary/aromatic N) is 4. The van der Waals surface area contributed by atoms with Gasteiger partial charge in [0.15, 0.2) is 0 Å². The van der Waals surface area contributed by atoms with Crippen molar-refractivity contribution in [1.29, 1.82) is 0 Å². The van der Waals surface area contributed by atoms with Crippen LogP contribution in [0.2, 0.25) is 5.02 Å². The summed E-state index contributed by atoms with van der Waals surface area (Å²) >= 11 is 6.14. The van der Waals surface area contributed by atoms with E-state index in [2.05, 4.69) is 32.8 Å². The quantitative estimate of drug-likeness (QED) is 0.361. The maximum absolute atomic E-state index is 13.8. The van der Waals surface area contributed by atoms with Gasteiger partial charge in [-0.2, -0.15) is 5.10 Å². The first-order valence-corrected chi connectivity index (χ1v) is 16.3. The van der Waals surface area contributed by atoms with E-state index in [-0.39, 0.29) is 35.7 Å². The minimum absolute atomic E-state index is 0.0518. The Labute approximate surface area is 259 Å². The van der Waals surface area contributed by atoms with Crippen LogP contribution in [0.25, 0.3) is 0 Å². The second kappa shape index (κ2) is 13.6. The molecule has 8 nitrogen and oxygen atoms in total. The molecule has 0 spiro atoms. The van der Waals surface area contributed by atoms with E-state index in [4.69, 9.17) is 11.6 Å². The number of rotatable bonds is 9. The number of carbonyl (C=O) groups is 2. The third-order valence-corrected chi connectivity index (χ3v) is 10.3. The van der Waals surface area contributed by atoms with Crippen LogP contribution in [0.3, 0.4) is 0 Å². The molecule has 228 valence electrons. The van der Waals surface area contributed by atoms with Crippen molar-refractivity contribution in [3.8, 4) is 0 Å². The molecular formula is C34H43ClN6O2. The third-order valence-electron chi connectivity index (χ3n) is 10.1. The summed E-state index contributed by atoms with van der Waals surface area (Å²) in [6.45, 7) is 3.02. The number of fused-ring (bicyclic) bond motifs is 1. The molecule has 0 bridgehead atoms. The summed E-state index contributed by atoms with van der Waals surface area (Å²) in [6, 6.07) is 15.3. The topological polar surface area (TPSA) is 92.2 Å². The van der Waals surface area contributed by atoms with Crippen LogP contribution in [0.5, 0.6) is 0 Å². The molecule has 3 heterocycles. The number of nitrogens with one attached hydrogen (secondary N) is 2. The lowest BCUT2D eigenvalue weighted by molar-refractivity contribution is -0.135. The fraction of sp³-hybridized carbons (Fsp3) is 0.529. The standard InChI is InChI=1S/C34H43ClN6O2/c35-29-12-10-25(11-13-29)18-30(39-33(43)31-19-26-6-4-5-7-27(26)21-37-31)20-32(42)40-16-14-34(15-17-40,22-41-24-36-23-38-41)28-8-2-1-3-9-28/h4-7,10-13,23-24,28,30-31,37H,1-3,8-9,14-22H2,(H,39,43)/t30-,31+/m0/s1. The van der Waals surface area contributed by atoms with Crippen molar-refractivity contribution in [1.82, 2.24) is 30.3 Å². The Morgan fingerprint density at radius 2 is 1.77 bits per heavy atom. The Kier molecular flexibility index (Phi) is 9.43. The van der Waals surface area contributed by atoms with E-state index >= 15 is 0 Å². The van der Waals surface area contributed by atoms with Crippen molar-refractivity contribution in [2.24, 2.45) is 11.3 Å². The van der Waals surface area contributed by atoms with Crippen molar-refractivity contribution >= 4 is 23.4 Å². The van der Waals surface area contributed by atoms with Crippen molar-refractivity contribution < 1.29 is 9.59 Å². The lowest BCUT2D eigenvalue weighted by Gasteiger charge is -2.48. The van der Waals surface area contributed by atoms with Gasteiger partial charge in [-0.25, -0.2) is 4.98 Å². The van der Waals surface area contributed by atoms with Gasteiger partial charge in [0.1, 0.15) is 12.7 Å². The number of hydrogen-bond donors (Lipinski definition) is 2. The van der Waals surface area contributed by atoms with Crippen LogP contribution in [0.1, 0.15) is 68.1 Å². The summed E-state index contributed by atoms with van der Waals surface area (Å²) in [6.07, 6.45) is 13.3. The zero-order valence-corrected chi connectivity index (χ0v) is 25.6. The highest BCUT2D eigenvalue weighted by molar-refractivity contribution is 6.30. The average molecular weight is 603 g/mol. The van der Waals surface area contributed by atoms with Gasteiger partial charge in [-0.15, -0.1) is 0 Å². The van der Waals surface area contributed by atoms with E-state index in [1.807, 2.05) is 52.3 Å². The number of aromatic nitrogens is 3. The van der Waals surface area contributed by atoms with Gasteiger partial charge >= 0.3 is 0 Å². The second-order valence-electron chi connectivity index (χ2n) is 12.8. The Hall–Kier alpha value is -3.23. The van der Waals surface area contributed by atoms with Crippen molar-refractivity contribution in [3.05, 3.63) is 82.9 Å². The molecule has 1 saturated carbocycles. The lowest BCUT2D eigenvalue weighted by Crippen LogP contribution is -2.53. The first-order valence-electron chi connectivity index (χ1n) is 15.9. The van der Waals surface area contributed by atoms with E-state index < -0.39 is 0 Å². The number of halogens is 1. The maximum Gasteiger partial charge on any atom is 0.237 e. The van der Waals surface area contributed by atoms with Crippen molar-refractivity contribution in [2.45, 2.75) is 89.4 Å². The van der Waals surface area contributed by atoms with Gasteiger partial charge in [-0.05, 0) is 78.7 Å². The molecule has 2 aromatic carbocycles. The predicted molar refractivity (Wildman–Crippen MR) is 167 cm³/mol. The molecule has 43 heavy (non-hydrogen) atoms. The Morgan fingerprint density at radius 3 is 2.49 bits per heavy atom. The zero-order valence-electron chi connectivity index (χ0n) is 24.9. The van der Waals surface area contributed by atoms with E-state index in [9.17, 15) is 9.59 Å². The summed E-state index contributed by atoms with van der Waals surface area (Å²) in [4.78, 5) is 33.5. The Balaban J connectivity index is 1.12. The molecule has 3 aliphatic rings. The Bertz CT molecular complexity index is 1360. The molecular weight excluding hydrogens is 560 g/mol. The molecule has 2 aliphatic heterocycles. The first kappa shape index (κ1) is 29.8. The van der Waals surface area contributed by atoms with Gasteiger partial charge in [0.05, 0.1) is 6.04 Å². The lowest BCUT2D eigenvalue weighted by atomic mass is 9.63. The van der Waals surface area contributed by atoms with Crippen molar-refractivity contribution in [2.75, 3.05) is 13.1 Å². The fourth-order valence-corrected chi connectivity index (χ4v) is 7.74. The highest BCUT2D eigenvalue weighted by Gasteiger charge is 2.43. The molecule has 1 aliphatic carbocycles. The molecule has 3 aromatic rings. The number of likely N-dealkylation sites (tertiary alicyclic amines) is 1. The summed E-state index contributed by atoms with van der Waals surface area (Å²) in [7, 11) is 0. The van der Waals surface area contributed by atoms with Gasteiger partial charge in [0.2, 0.25) is 11.8 Å². The molecule has 2 fully saturated rings. The maximum atomic E-state index is 13.8. The number of carbonyl (C=O) groups excluding carboxylic acids is 2. The number of hydrogen-bond acceptors (Lipinski definition) is 5. The number of benzene rings is 2. The van der Waals surface area contributed by atoms with Gasteiger partial charge in [-0.1, -0.05) is 67.3 Å². The molecule has 0 unspecified atom stereocenters. The minimum atomic E-state index is -0.319. The summed E-state index contributed by atoms with van der Waals surface area (Å²) in [5.41, 5.74) is 3.63. The average Bonchev–Trinajstić information content (AvgIpc) is 3.55. The molecule has 2 N–H and O–H groups in total. The molecule has 9 heteroatoms. The fourth-order valence-electron chi connectivity index (χ4n) is 7.61. The normalized spacial score (nSPS) is 21.1. The SMILES string of the molecule is O=C(N[C@H](CC(=O)N1CCC(Cn2cncn2)(C2CCCCC2)CC1)Cc1ccc(Cl)cc1)[C@H]1Cc2ccccc2CN1. The number of piperidine rings is 1. The van der Waals surface area contributed by atoms with Gasteiger partial charge in [-0.3, -0.25) is 14.3 Å². The highest BCUT2D eigenvalue weighted by atomic mass is 35.5. The van der Waals surface area contributed by atoms with Gasteiger partial charge < -0.3 is 15.5 Å². The van der Waals surface area contributed by atoms with Crippen LogP contribution >= 0.6 is 11.6 Å². The van der Waals surface area contributed by atoms with Crippen LogP contribution in [-0.2, 0) is 35.5 Å². The highest BCUT2D eigenvalue weighted by Crippen LogP contribution is 2.47. The molecule has 0 radical (unpaired) electrons. The monoisotopic (exact) mass is 602 g/mol. The molecule has 1 aromatic heterocycles. The van der Waals surface area contributed by atoms with E-state index in [1.54, 1.807) is 6.33 Å². The van der Waals surface area contributed by atoms with Crippen LogP contribution < -0.4 is 10.6 Å². The van der Waals surface area contributed by atoms with E-state index in [0.717, 1.165) is 38.0 Å². The Morgan fingerprint density at radius 1 is 1.02 bits per heavy atom. The van der Waals surface area contributed by atoms with Crippen LogP contribution in [0.15, 0.2) is 61.2 Å². The zero-order chi connectivity index (χ0) is 29.6. The second-order valence-corrected chi connectivity index (χ2v) is 13.3. The number of amides is 2. The third kappa shape index (κ3) is 7.29. The van der Waals surface area contributed by atoms with Gasteiger partial charge in [0.25, 0.3) is 0 Å². The smallest absolute Gasteiger partial charge is 0.237 e. The summed E-state index contributed by atoms with van der Waals surface area (Å²) in [5.74, 6) is 0.719. The van der Waals surface area contributed by atoms with E-state index in [1.165, 1.54) is 43.2 Å². The first-order chi connectivity index (χ1) is 21.0. The van der Waals surface area contributed by atoms with Crippen LogP contribution in [0.4, 0.5) is 0 Å². The summed E-state index contributed by atoms with van der Waals surface area (Å²) < 4.78 is 1.99.